The Hall–Kier alpha value is -3.74. The number of ether oxygens (including phenoxy) is 1. The highest BCUT2D eigenvalue weighted by atomic mass is 16.5. The first-order valence-corrected chi connectivity index (χ1v) is 8.83. The van der Waals surface area contributed by atoms with Crippen LogP contribution in [0.25, 0.3) is 0 Å². The minimum atomic E-state index is -0.405. The molecule has 142 valence electrons. The highest BCUT2D eigenvalue weighted by Crippen LogP contribution is 2.20. The maximum Gasteiger partial charge on any atom is 0.340 e. The molecule has 2 heterocycles. The van der Waals surface area contributed by atoms with Crippen molar-refractivity contribution in [2.75, 3.05) is 11.9 Å². The van der Waals surface area contributed by atoms with Crippen molar-refractivity contribution in [3.63, 3.8) is 0 Å². The van der Waals surface area contributed by atoms with Crippen molar-refractivity contribution in [3.8, 4) is 0 Å². The summed E-state index contributed by atoms with van der Waals surface area (Å²) in [7, 11) is 0. The van der Waals surface area contributed by atoms with E-state index in [1.54, 1.807) is 49.6 Å². The second-order valence-corrected chi connectivity index (χ2v) is 5.86. The Morgan fingerprint density at radius 2 is 1.82 bits per heavy atom. The average molecular weight is 376 g/mol. The van der Waals surface area contributed by atoms with E-state index in [0.29, 0.717) is 35.8 Å². The van der Waals surface area contributed by atoms with Crippen LogP contribution < -0.4 is 10.6 Å². The van der Waals surface area contributed by atoms with Crippen LogP contribution in [0.15, 0.2) is 67.1 Å². The summed E-state index contributed by atoms with van der Waals surface area (Å²) in [5.74, 6) is -0.108. The Morgan fingerprint density at radius 3 is 2.54 bits per heavy atom. The number of amides is 1. The van der Waals surface area contributed by atoms with Crippen molar-refractivity contribution < 1.29 is 14.3 Å². The Balaban J connectivity index is 1.65. The maximum absolute atomic E-state index is 12.3. The Kier molecular flexibility index (Phi) is 6.30. The number of carbonyl (C=O) groups excluding carboxylic acids is 2. The van der Waals surface area contributed by atoms with Gasteiger partial charge in [0.1, 0.15) is 5.82 Å². The van der Waals surface area contributed by atoms with Crippen molar-refractivity contribution in [2.45, 2.75) is 13.5 Å². The van der Waals surface area contributed by atoms with E-state index in [-0.39, 0.29) is 5.91 Å². The molecule has 0 aliphatic carbocycles. The van der Waals surface area contributed by atoms with Crippen molar-refractivity contribution >= 4 is 23.4 Å². The zero-order valence-electron chi connectivity index (χ0n) is 15.4. The van der Waals surface area contributed by atoms with Gasteiger partial charge in [-0.3, -0.25) is 9.78 Å². The molecule has 0 spiro atoms. The number of esters is 1. The lowest BCUT2D eigenvalue weighted by Crippen LogP contribution is -2.22. The molecule has 0 saturated carbocycles. The fourth-order valence-electron chi connectivity index (χ4n) is 2.50. The van der Waals surface area contributed by atoms with E-state index < -0.39 is 5.97 Å². The number of carbonyl (C=O) groups is 2. The Labute approximate surface area is 162 Å². The van der Waals surface area contributed by atoms with Gasteiger partial charge in [0.05, 0.1) is 23.4 Å². The van der Waals surface area contributed by atoms with E-state index in [1.165, 1.54) is 6.20 Å². The third-order valence-electron chi connectivity index (χ3n) is 3.91. The lowest BCUT2D eigenvalue weighted by atomic mass is 10.1. The molecule has 7 nitrogen and oxygen atoms in total. The van der Waals surface area contributed by atoms with E-state index in [4.69, 9.17) is 4.74 Å². The number of pyridine rings is 2. The monoisotopic (exact) mass is 376 g/mol. The first-order chi connectivity index (χ1) is 13.7. The molecule has 0 unspecified atom stereocenters. The Bertz CT molecular complexity index is 943. The van der Waals surface area contributed by atoms with Crippen LogP contribution in [-0.2, 0) is 11.3 Å². The van der Waals surface area contributed by atoms with Gasteiger partial charge in [0.2, 0.25) is 0 Å². The average Bonchev–Trinajstić information content (AvgIpc) is 2.74. The van der Waals surface area contributed by atoms with Crippen LogP contribution in [0.4, 0.5) is 11.5 Å². The van der Waals surface area contributed by atoms with Crippen LogP contribution in [0.5, 0.6) is 0 Å². The quantitative estimate of drug-likeness (QED) is 0.615. The topological polar surface area (TPSA) is 93.2 Å². The molecule has 0 saturated heterocycles. The lowest BCUT2D eigenvalue weighted by Gasteiger charge is -2.11. The van der Waals surface area contributed by atoms with Crippen LogP contribution in [0.1, 0.15) is 33.2 Å². The van der Waals surface area contributed by atoms with Crippen LogP contribution in [0.2, 0.25) is 0 Å². The third-order valence-corrected chi connectivity index (χ3v) is 3.91. The van der Waals surface area contributed by atoms with Gasteiger partial charge in [-0.2, -0.15) is 0 Å². The molecule has 28 heavy (non-hydrogen) atoms. The van der Waals surface area contributed by atoms with Crippen molar-refractivity contribution in [1.29, 1.82) is 0 Å². The molecule has 1 amide bonds. The van der Waals surface area contributed by atoms with Gasteiger partial charge in [0, 0.05) is 25.1 Å². The number of nitrogens with one attached hydrogen (secondary N) is 2. The van der Waals surface area contributed by atoms with E-state index in [2.05, 4.69) is 20.6 Å². The second kappa shape index (κ2) is 9.27. The summed E-state index contributed by atoms with van der Waals surface area (Å²) in [6.45, 7) is 2.47. The molecule has 1 aromatic carbocycles. The fourth-order valence-corrected chi connectivity index (χ4v) is 2.50. The molecule has 3 rings (SSSR count). The summed E-state index contributed by atoms with van der Waals surface area (Å²) in [6.07, 6.45) is 4.84. The fraction of sp³-hybridized carbons (Fsp3) is 0.143. The summed E-state index contributed by atoms with van der Waals surface area (Å²) in [5, 5.41) is 5.92. The predicted octanol–water partition coefficient (Wildman–Crippen LogP) is 3.33. The van der Waals surface area contributed by atoms with Gasteiger partial charge in [0.25, 0.3) is 5.91 Å². The minimum Gasteiger partial charge on any atom is -0.462 e. The molecule has 0 atom stereocenters. The van der Waals surface area contributed by atoms with Gasteiger partial charge in [-0.15, -0.1) is 0 Å². The van der Waals surface area contributed by atoms with E-state index in [0.717, 1.165) is 5.56 Å². The number of benzene rings is 1. The van der Waals surface area contributed by atoms with E-state index >= 15 is 0 Å². The summed E-state index contributed by atoms with van der Waals surface area (Å²) in [5.41, 5.74) is 2.41. The first-order valence-electron chi connectivity index (χ1n) is 8.83. The highest BCUT2D eigenvalue weighted by molar-refractivity contribution is 5.96. The van der Waals surface area contributed by atoms with E-state index in [1.807, 2.05) is 18.2 Å². The molecule has 0 fully saturated rings. The van der Waals surface area contributed by atoms with Crippen LogP contribution in [0.3, 0.4) is 0 Å². The highest BCUT2D eigenvalue weighted by Gasteiger charge is 2.12. The number of rotatable bonds is 7. The van der Waals surface area contributed by atoms with Crippen LogP contribution in [-0.4, -0.2) is 28.5 Å². The summed E-state index contributed by atoms with van der Waals surface area (Å²) in [4.78, 5) is 32.5. The smallest absolute Gasteiger partial charge is 0.340 e. The maximum atomic E-state index is 12.3. The minimum absolute atomic E-state index is 0.220. The SMILES string of the molecule is CCOC(=O)c1ccccc1Nc1ccc(C(=O)NCc2ccncc2)cn1. The first kappa shape index (κ1) is 19.0. The predicted molar refractivity (Wildman–Crippen MR) is 105 cm³/mol. The summed E-state index contributed by atoms with van der Waals surface area (Å²) in [6, 6.07) is 14.1. The van der Waals surface area contributed by atoms with Gasteiger partial charge < -0.3 is 15.4 Å². The third kappa shape index (κ3) is 4.91. The number of nitrogens with zero attached hydrogens (tertiary/aromatic N) is 2. The molecular formula is C21H20N4O3. The second-order valence-electron chi connectivity index (χ2n) is 5.86. The van der Waals surface area contributed by atoms with Crippen LogP contribution >= 0.6 is 0 Å². The van der Waals surface area contributed by atoms with Gasteiger partial charge in [0.15, 0.2) is 0 Å². The zero-order valence-corrected chi connectivity index (χ0v) is 15.4. The number of hydrogen-bond donors (Lipinski definition) is 2. The van der Waals surface area contributed by atoms with E-state index in [9.17, 15) is 9.59 Å². The molecule has 0 radical (unpaired) electrons. The molecule has 2 N–H and O–H groups in total. The van der Waals surface area contributed by atoms with Crippen molar-refractivity contribution in [2.24, 2.45) is 0 Å². The Morgan fingerprint density at radius 1 is 1.04 bits per heavy atom. The van der Waals surface area contributed by atoms with Crippen molar-refractivity contribution in [3.05, 3.63) is 83.8 Å². The summed E-state index contributed by atoms with van der Waals surface area (Å²) < 4.78 is 5.06. The molecule has 3 aromatic rings. The normalized spacial score (nSPS) is 10.2. The standard InChI is InChI=1S/C21H20N4O3/c1-2-28-21(27)17-5-3-4-6-18(17)25-19-8-7-16(14-23-19)20(26)24-13-15-9-11-22-12-10-15/h3-12,14H,2,13H2,1H3,(H,23,25)(H,24,26). The molecule has 0 bridgehead atoms. The largest absolute Gasteiger partial charge is 0.462 e. The van der Waals surface area contributed by atoms with Crippen LogP contribution in [0, 0.1) is 0 Å². The van der Waals surface area contributed by atoms with Gasteiger partial charge >= 0.3 is 5.97 Å². The van der Waals surface area contributed by atoms with Gasteiger partial charge in [-0.25, -0.2) is 9.78 Å². The number of aromatic nitrogens is 2. The van der Waals surface area contributed by atoms with Gasteiger partial charge in [-0.05, 0) is 48.9 Å². The zero-order chi connectivity index (χ0) is 19.8. The van der Waals surface area contributed by atoms with Crippen molar-refractivity contribution in [1.82, 2.24) is 15.3 Å². The number of anilines is 2. The number of para-hydroxylation sites is 1. The molecule has 7 heteroatoms. The molecular weight excluding hydrogens is 356 g/mol. The molecule has 0 aliphatic heterocycles. The lowest BCUT2D eigenvalue weighted by molar-refractivity contribution is 0.0527. The number of hydrogen-bond acceptors (Lipinski definition) is 6. The molecule has 2 aromatic heterocycles. The molecule has 0 aliphatic rings. The van der Waals surface area contributed by atoms with Gasteiger partial charge in [-0.1, -0.05) is 12.1 Å². The summed E-state index contributed by atoms with van der Waals surface area (Å²) >= 11 is 0.